The van der Waals surface area contributed by atoms with Gasteiger partial charge < -0.3 is 14.8 Å². The third-order valence-electron chi connectivity index (χ3n) is 1.70. The van der Waals surface area contributed by atoms with Gasteiger partial charge in [-0.25, -0.2) is 4.98 Å². The minimum atomic E-state index is -0.181. The number of carbonyl (C=O) groups excluding carboxylic acids is 1. The van der Waals surface area contributed by atoms with Crippen molar-refractivity contribution in [3.05, 3.63) is 22.9 Å². The fraction of sp³-hybridized carbons (Fsp3) is 0.400. The van der Waals surface area contributed by atoms with Gasteiger partial charge in [0.2, 0.25) is 0 Å². The molecule has 0 radical (unpaired) electrons. The number of rotatable bonds is 6. The lowest BCUT2D eigenvalue weighted by atomic mass is 10.4. The van der Waals surface area contributed by atoms with Gasteiger partial charge >= 0.3 is 0 Å². The molecule has 0 aliphatic rings. The zero-order valence-corrected chi connectivity index (χ0v) is 10.5. The van der Waals surface area contributed by atoms with E-state index in [0.29, 0.717) is 18.9 Å². The van der Waals surface area contributed by atoms with Gasteiger partial charge in [0.05, 0.1) is 12.8 Å². The summed E-state index contributed by atoms with van der Waals surface area (Å²) < 4.78 is 10.7. The molecule has 0 aliphatic carbocycles. The van der Waals surface area contributed by atoms with Crippen LogP contribution in [0.5, 0.6) is 5.75 Å². The predicted octanol–water partition coefficient (Wildman–Crippen LogP) is 0.985. The smallest absolute Gasteiger partial charge is 0.258 e. The van der Waals surface area contributed by atoms with E-state index >= 15 is 0 Å². The molecule has 0 saturated carbocycles. The first kappa shape index (κ1) is 12.9. The quantitative estimate of drug-likeness (QED) is 0.626. The number of ether oxygens (including phenoxy) is 2. The number of nitrogens with zero attached hydrogens (tertiary/aromatic N) is 1. The minimum absolute atomic E-state index is 0.0208. The average molecular weight is 289 g/mol. The van der Waals surface area contributed by atoms with E-state index < -0.39 is 0 Å². The molecule has 6 heteroatoms. The molecule has 1 heterocycles. The maximum Gasteiger partial charge on any atom is 0.258 e. The van der Waals surface area contributed by atoms with Crippen LogP contribution in [0.4, 0.5) is 0 Å². The molecule has 1 aromatic heterocycles. The molecule has 1 aromatic rings. The molecule has 0 atom stereocenters. The molecule has 16 heavy (non-hydrogen) atoms. The van der Waals surface area contributed by atoms with Gasteiger partial charge in [-0.2, -0.15) is 0 Å². The lowest BCUT2D eigenvalue weighted by molar-refractivity contribution is -0.123. The first-order chi connectivity index (χ1) is 7.72. The number of carbonyl (C=O) groups is 1. The van der Waals surface area contributed by atoms with Crippen LogP contribution in [0.25, 0.3) is 0 Å². The Kier molecular flexibility index (Phi) is 5.81. The minimum Gasteiger partial charge on any atom is -0.482 e. The third kappa shape index (κ3) is 5.09. The molecule has 0 spiro atoms. The van der Waals surface area contributed by atoms with E-state index in [1.54, 1.807) is 25.4 Å². The van der Waals surface area contributed by atoms with Gasteiger partial charge in [0.15, 0.2) is 6.61 Å². The van der Waals surface area contributed by atoms with Crippen molar-refractivity contribution in [2.24, 2.45) is 0 Å². The molecule has 5 nitrogen and oxygen atoms in total. The number of nitrogens with one attached hydrogen (secondary N) is 1. The zero-order valence-electron chi connectivity index (χ0n) is 8.90. The first-order valence-electron chi connectivity index (χ1n) is 4.72. The molecular weight excluding hydrogens is 276 g/mol. The molecule has 0 aromatic carbocycles. The van der Waals surface area contributed by atoms with E-state index in [0.717, 1.165) is 4.60 Å². The maximum absolute atomic E-state index is 11.2. The normalized spacial score (nSPS) is 9.88. The average Bonchev–Trinajstić information content (AvgIpc) is 2.29. The van der Waals surface area contributed by atoms with E-state index in [1.807, 2.05) is 0 Å². The van der Waals surface area contributed by atoms with Crippen molar-refractivity contribution in [3.63, 3.8) is 0 Å². The lowest BCUT2D eigenvalue weighted by Crippen LogP contribution is -2.31. The molecule has 0 saturated heterocycles. The highest BCUT2D eigenvalue weighted by molar-refractivity contribution is 9.10. The number of hydrogen-bond acceptors (Lipinski definition) is 4. The summed E-state index contributed by atoms with van der Waals surface area (Å²) in [5, 5.41) is 2.65. The largest absolute Gasteiger partial charge is 0.482 e. The highest BCUT2D eigenvalue weighted by Crippen LogP contribution is 2.12. The molecule has 0 bridgehead atoms. The Balaban J connectivity index is 2.23. The van der Waals surface area contributed by atoms with E-state index in [9.17, 15) is 4.79 Å². The summed E-state index contributed by atoms with van der Waals surface area (Å²) in [5.74, 6) is 0.380. The van der Waals surface area contributed by atoms with Crippen molar-refractivity contribution in [1.82, 2.24) is 10.3 Å². The summed E-state index contributed by atoms with van der Waals surface area (Å²) in [4.78, 5) is 15.2. The number of amides is 1. The van der Waals surface area contributed by atoms with Gasteiger partial charge in [0.1, 0.15) is 10.4 Å². The fourth-order valence-corrected chi connectivity index (χ4v) is 1.17. The van der Waals surface area contributed by atoms with E-state index in [2.05, 4.69) is 26.2 Å². The second-order valence-electron chi connectivity index (χ2n) is 2.95. The Labute approximate surface area is 102 Å². The monoisotopic (exact) mass is 288 g/mol. The highest BCUT2D eigenvalue weighted by Gasteiger charge is 2.01. The van der Waals surface area contributed by atoms with Crippen molar-refractivity contribution in [3.8, 4) is 5.75 Å². The van der Waals surface area contributed by atoms with Crippen LogP contribution in [0.3, 0.4) is 0 Å². The van der Waals surface area contributed by atoms with Crippen LogP contribution in [-0.2, 0) is 9.53 Å². The molecular formula is C10H13BrN2O3. The van der Waals surface area contributed by atoms with Crippen LogP contribution >= 0.6 is 15.9 Å². The molecule has 1 rings (SSSR count). The fourth-order valence-electron chi connectivity index (χ4n) is 0.940. The van der Waals surface area contributed by atoms with Crippen LogP contribution < -0.4 is 10.1 Å². The van der Waals surface area contributed by atoms with Crippen molar-refractivity contribution >= 4 is 21.8 Å². The van der Waals surface area contributed by atoms with E-state index in [-0.39, 0.29) is 12.5 Å². The number of methoxy groups -OCH3 is 1. The van der Waals surface area contributed by atoms with E-state index in [1.165, 1.54) is 0 Å². The second kappa shape index (κ2) is 7.19. The van der Waals surface area contributed by atoms with Gasteiger partial charge in [0, 0.05) is 13.7 Å². The standard InChI is InChI=1S/C10H13BrN2O3/c1-15-5-4-12-10(14)7-16-8-2-3-9(11)13-6-8/h2-3,6H,4-5,7H2,1H3,(H,12,14). The second-order valence-corrected chi connectivity index (χ2v) is 3.76. The summed E-state index contributed by atoms with van der Waals surface area (Å²) in [7, 11) is 1.58. The highest BCUT2D eigenvalue weighted by atomic mass is 79.9. The summed E-state index contributed by atoms with van der Waals surface area (Å²) in [6.07, 6.45) is 1.55. The summed E-state index contributed by atoms with van der Waals surface area (Å²) in [6.45, 7) is 0.954. The summed E-state index contributed by atoms with van der Waals surface area (Å²) in [6, 6.07) is 3.48. The SMILES string of the molecule is COCCNC(=O)COc1ccc(Br)nc1. The van der Waals surface area contributed by atoms with Crippen LogP contribution in [0.15, 0.2) is 22.9 Å². The Morgan fingerprint density at radius 1 is 1.56 bits per heavy atom. The molecule has 0 fully saturated rings. The van der Waals surface area contributed by atoms with Gasteiger partial charge in [-0.05, 0) is 28.1 Å². The maximum atomic E-state index is 11.2. The summed E-state index contributed by atoms with van der Waals surface area (Å²) >= 11 is 3.21. The zero-order chi connectivity index (χ0) is 11.8. The number of pyridine rings is 1. The van der Waals surface area contributed by atoms with Crippen LogP contribution in [0, 0.1) is 0 Å². The first-order valence-corrected chi connectivity index (χ1v) is 5.51. The third-order valence-corrected chi connectivity index (χ3v) is 2.17. The number of aromatic nitrogens is 1. The number of hydrogen-bond donors (Lipinski definition) is 1. The van der Waals surface area contributed by atoms with Gasteiger partial charge in [0.25, 0.3) is 5.91 Å². The molecule has 0 unspecified atom stereocenters. The topological polar surface area (TPSA) is 60.5 Å². The van der Waals surface area contributed by atoms with Crippen molar-refractivity contribution in [2.45, 2.75) is 0 Å². The van der Waals surface area contributed by atoms with E-state index in [4.69, 9.17) is 9.47 Å². The van der Waals surface area contributed by atoms with Gasteiger partial charge in [-0.1, -0.05) is 0 Å². The Morgan fingerprint density at radius 2 is 2.38 bits per heavy atom. The lowest BCUT2D eigenvalue weighted by Gasteiger charge is -2.06. The molecule has 0 aliphatic heterocycles. The van der Waals surface area contributed by atoms with Crippen LogP contribution in [0.1, 0.15) is 0 Å². The van der Waals surface area contributed by atoms with Crippen molar-refractivity contribution < 1.29 is 14.3 Å². The Morgan fingerprint density at radius 3 is 3.00 bits per heavy atom. The number of halogens is 1. The van der Waals surface area contributed by atoms with Crippen molar-refractivity contribution in [1.29, 1.82) is 0 Å². The molecule has 88 valence electrons. The van der Waals surface area contributed by atoms with Gasteiger partial charge in [-0.15, -0.1) is 0 Å². The molecule has 1 N–H and O–H groups in total. The van der Waals surface area contributed by atoms with Crippen LogP contribution in [0.2, 0.25) is 0 Å². The van der Waals surface area contributed by atoms with Crippen molar-refractivity contribution in [2.75, 3.05) is 26.9 Å². The molecule has 1 amide bonds. The Hall–Kier alpha value is -1.14. The predicted molar refractivity (Wildman–Crippen MR) is 62.3 cm³/mol. The Bertz CT molecular complexity index is 329. The van der Waals surface area contributed by atoms with Crippen LogP contribution in [-0.4, -0.2) is 37.8 Å². The summed E-state index contributed by atoms with van der Waals surface area (Å²) in [5.41, 5.74) is 0. The van der Waals surface area contributed by atoms with Gasteiger partial charge in [-0.3, -0.25) is 4.79 Å².